The van der Waals surface area contributed by atoms with Crippen molar-refractivity contribution in [2.24, 2.45) is 0 Å². The van der Waals surface area contributed by atoms with Crippen molar-refractivity contribution in [1.29, 1.82) is 0 Å². The molecule has 1 aliphatic carbocycles. The Morgan fingerprint density at radius 2 is 2.16 bits per heavy atom. The van der Waals surface area contributed by atoms with Gasteiger partial charge in [-0.2, -0.15) is 0 Å². The number of nitrogens with zero attached hydrogens (tertiary/aromatic N) is 2. The zero-order valence-corrected chi connectivity index (χ0v) is 12.9. The zero-order chi connectivity index (χ0) is 13.6. The van der Waals surface area contributed by atoms with Gasteiger partial charge in [0, 0.05) is 22.5 Å². The number of nitrogens with two attached hydrogens (primary N) is 1. The van der Waals surface area contributed by atoms with Gasteiger partial charge in [-0.05, 0) is 44.4 Å². The van der Waals surface area contributed by atoms with Gasteiger partial charge in [0.1, 0.15) is 17.3 Å². The molecule has 0 atom stereocenters. The summed E-state index contributed by atoms with van der Waals surface area (Å²) < 4.78 is 3.27. The number of imidazole rings is 1. The lowest BCUT2D eigenvalue weighted by Gasteiger charge is -2.06. The molecule has 0 bridgehead atoms. The molecule has 0 radical (unpaired) electrons. The van der Waals surface area contributed by atoms with Gasteiger partial charge >= 0.3 is 0 Å². The first-order chi connectivity index (χ1) is 9.11. The quantitative estimate of drug-likeness (QED) is 0.925. The Kier molecular flexibility index (Phi) is 3.13. The Morgan fingerprint density at radius 3 is 2.74 bits per heavy atom. The molecule has 1 aliphatic rings. The molecule has 0 aliphatic heterocycles. The van der Waals surface area contributed by atoms with Crippen LogP contribution < -0.4 is 5.73 Å². The summed E-state index contributed by atoms with van der Waals surface area (Å²) >= 11 is 3.53. The maximum Gasteiger partial charge on any atom is 0.131 e. The highest BCUT2D eigenvalue weighted by Crippen LogP contribution is 2.42. The van der Waals surface area contributed by atoms with Crippen LogP contribution in [0.4, 0.5) is 5.82 Å². The lowest BCUT2D eigenvalue weighted by Crippen LogP contribution is -2.04. The van der Waals surface area contributed by atoms with Crippen LogP contribution in [-0.4, -0.2) is 9.55 Å². The van der Waals surface area contributed by atoms with E-state index in [-0.39, 0.29) is 0 Å². The van der Waals surface area contributed by atoms with Crippen LogP contribution in [0.15, 0.2) is 22.7 Å². The van der Waals surface area contributed by atoms with E-state index in [1.165, 1.54) is 18.4 Å². The highest BCUT2D eigenvalue weighted by Gasteiger charge is 2.30. The fourth-order valence-electron chi connectivity index (χ4n) is 2.47. The summed E-state index contributed by atoms with van der Waals surface area (Å²) in [5.74, 6) is 2.58. The number of rotatable bonds is 3. The molecule has 100 valence electrons. The monoisotopic (exact) mass is 319 g/mol. The van der Waals surface area contributed by atoms with E-state index in [9.17, 15) is 0 Å². The van der Waals surface area contributed by atoms with Gasteiger partial charge in [-0.1, -0.05) is 22.0 Å². The molecule has 4 heteroatoms. The van der Waals surface area contributed by atoms with Gasteiger partial charge in [-0.3, -0.25) is 0 Å². The van der Waals surface area contributed by atoms with Crippen molar-refractivity contribution in [2.75, 3.05) is 5.73 Å². The topological polar surface area (TPSA) is 43.8 Å². The molecule has 1 fully saturated rings. The minimum Gasteiger partial charge on any atom is -0.383 e. The van der Waals surface area contributed by atoms with Crippen LogP contribution >= 0.6 is 15.9 Å². The maximum atomic E-state index is 6.29. The van der Waals surface area contributed by atoms with Crippen molar-refractivity contribution in [3.05, 3.63) is 34.1 Å². The minimum absolute atomic E-state index is 0.618. The molecule has 2 N–H and O–H groups in total. The first-order valence-corrected chi connectivity index (χ1v) is 7.53. The second kappa shape index (κ2) is 4.67. The molecular weight excluding hydrogens is 302 g/mol. The number of nitrogen functional groups attached to an aromatic ring is 1. The molecule has 1 aromatic heterocycles. The molecule has 3 rings (SSSR count). The van der Waals surface area contributed by atoms with Gasteiger partial charge in [0.25, 0.3) is 0 Å². The second-order valence-corrected chi connectivity index (χ2v) is 6.04. The van der Waals surface area contributed by atoms with Crippen molar-refractivity contribution in [3.63, 3.8) is 0 Å². The van der Waals surface area contributed by atoms with Crippen LogP contribution in [0.3, 0.4) is 0 Å². The Bertz CT molecular complexity index is 627. The summed E-state index contributed by atoms with van der Waals surface area (Å²) in [6.07, 6.45) is 2.49. The number of aromatic nitrogens is 2. The molecule has 0 saturated heterocycles. The lowest BCUT2D eigenvalue weighted by atomic mass is 10.1. The van der Waals surface area contributed by atoms with Gasteiger partial charge in [-0.25, -0.2) is 4.98 Å². The number of benzene rings is 1. The van der Waals surface area contributed by atoms with E-state index in [1.807, 2.05) is 0 Å². The largest absolute Gasteiger partial charge is 0.383 e. The molecule has 1 heterocycles. The van der Waals surface area contributed by atoms with Crippen molar-refractivity contribution < 1.29 is 0 Å². The fraction of sp³-hybridized carbons (Fsp3) is 0.400. The first kappa shape index (κ1) is 12.7. The SMILES string of the molecule is CCn1c(C2CC2)nc(-c2ccc(Br)c(C)c2)c1N. The highest BCUT2D eigenvalue weighted by molar-refractivity contribution is 9.10. The van der Waals surface area contributed by atoms with Crippen LogP contribution in [0.5, 0.6) is 0 Å². The summed E-state index contributed by atoms with van der Waals surface area (Å²) in [6, 6.07) is 6.28. The lowest BCUT2D eigenvalue weighted by molar-refractivity contribution is 0.708. The van der Waals surface area contributed by atoms with Gasteiger partial charge in [0.15, 0.2) is 0 Å². The van der Waals surface area contributed by atoms with Crippen molar-refractivity contribution in [3.8, 4) is 11.3 Å². The molecular formula is C15H18BrN3. The van der Waals surface area contributed by atoms with Crippen LogP contribution in [0.1, 0.15) is 37.1 Å². The third-order valence-electron chi connectivity index (χ3n) is 3.73. The van der Waals surface area contributed by atoms with E-state index in [4.69, 9.17) is 10.7 Å². The number of hydrogen-bond acceptors (Lipinski definition) is 2. The first-order valence-electron chi connectivity index (χ1n) is 6.74. The molecule has 1 saturated carbocycles. The molecule has 2 aromatic rings. The highest BCUT2D eigenvalue weighted by atomic mass is 79.9. The molecule has 3 nitrogen and oxygen atoms in total. The van der Waals surface area contributed by atoms with Crippen molar-refractivity contribution in [2.45, 2.75) is 39.2 Å². The summed E-state index contributed by atoms with van der Waals surface area (Å²) in [5, 5.41) is 0. The van der Waals surface area contributed by atoms with E-state index in [2.05, 4.69) is 52.5 Å². The third kappa shape index (κ3) is 2.18. The predicted molar refractivity (Wildman–Crippen MR) is 82.2 cm³/mol. The van der Waals surface area contributed by atoms with E-state index in [1.54, 1.807) is 0 Å². The summed E-state index contributed by atoms with van der Waals surface area (Å²) in [5.41, 5.74) is 9.53. The number of halogens is 1. The van der Waals surface area contributed by atoms with Gasteiger partial charge in [0.05, 0.1) is 0 Å². The van der Waals surface area contributed by atoms with Gasteiger partial charge in [-0.15, -0.1) is 0 Å². The zero-order valence-electron chi connectivity index (χ0n) is 11.3. The smallest absolute Gasteiger partial charge is 0.131 e. The van der Waals surface area contributed by atoms with Crippen molar-refractivity contribution >= 4 is 21.7 Å². The fourth-order valence-corrected chi connectivity index (χ4v) is 2.72. The molecule has 0 unspecified atom stereocenters. The molecule has 0 amide bonds. The molecule has 1 aromatic carbocycles. The van der Waals surface area contributed by atoms with Gasteiger partial charge in [0.2, 0.25) is 0 Å². The van der Waals surface area contributed by atoms with Crippen LogP contribution in [0.25, 0.3) is 11.3 Å². The maximum absolute atomic E-state index is 6.29. The Hall–Kier alpha value is -1.29. The second-order valence-electron chi connectivity index (χ2n) is 5.19. The minimum atomic E-state index is 0.618. The number of anilines is 1. The van der Waals surface area contributed by atoms with E-state index >= 15 is 0 Å². The van der Waals surface area contributed by atoms with E-state index < -0.39 is 0 Å². The number of aryl methyl sites for hydroxylation is 1. The molecule has 0 spiro atoms. The summed E-state index contributed by atoms with van der Waals surface area (Å²) in [6.45, 7) is 5.10. The Morgan fingerprint density at radius 1 is 1.42 bits per heavy atom. The van der Waals surface area contributed by atoms with Crippen molar-refractivity contribution in [1.82, 2.24) is 9.55 Å². The average molecular weight is 320 g/mol. The van der Waals surface area contributed by atoms with Crippen LogP contribution in [-0.2, 0) is 6.54 Å². The van der Waals surface area contributed by atoms with Gasteiger partial charge < -0.3 is 10.3 Å². The average Bonchev–Trinajstić information content (AvgIpc) is 3.17. The normalized spacial score (nSPS) is 14.9. The summed E-state index contributed by atoms with van der Waals surface area (Å²) in [7, 11) is 0. The molecule has 19 heavy (non-hydrogen) atoms. The Balaban J connectivity index is 2.11. The van der Waals surface area contributed by atoms with E-state index in [0.29, 0.717) is 5.92 Å². The van der Waals surface area contributed by atoms with Crippen LogP contribution in [0.2, 0.25) is 0 Å². The van der Waals surface area contributed by atoms with E-state index in [0.717, 1.165) is 33.9 Å². The van der Waals surface area contributed by atoms with Crippen LogP contribution in [0, 0.1) is 6.92 Å². The Labute approximate surface area is 122 Å². The third-order valence-corrected chi connectivity index (χ3v) is 4.62. The standard InChI is InChI=1S/C15H18BrN3/c1-3-19-14(17)13(18-15(19)10-4-5-10)11-6-7-12(16)9(2)8-11/h6-8,10H,3-5,17H2,1-2H3. The predicted octanol–water partition coefficient (Wildman–Crippen LogP) is 4.10. The number of hydrogen-bond donors (Lipinski definition) is 1. The summed E-state index contributed by atoms with van der Waals surface area (Å²) in [4.78, 5) is 4.81.